The van der Waals surface area contributed by atoms with E-state index in [-0.39, 0.29) is 29.7 Å². The zero-order valence-electron chi connectivity index (χ0n) is 13.8. The molecule has 1 saturated heterocycles. The second-order valence-electron chi connectivity index (χ2n) is 5.57. The molecule has 2 N–H and O–H groups in total. The molecule has 1 heterocycles. The predicted octanol–water partition coefficient (Wildman–Crippen LogP) is 1.08. The van der Waals surface area contributed by atoms with Crippen LogP contribution in [-0.4, -0.2) is 70.6 Å². The number of hydrogen-bond donors (Lipinski definition) is 2. The van der Waals surface area contributed by atoms with Crippen LogP contribution in [0.1, 0.15) is 32.6 Å². The smallest absolute Gasteiger partial charge is 0.191 e. The van der Waals surface area contributed by atoms with E-state index in [1.165, 1.54) is 38.6 Å². The van der Waals surface area contributed by atoms with E-state index in [0.29, 0.717) is 13.0 Å². The number of piperidine rings is 1. The Morgan fingerprint density at radius 3 is 2.45 bits per heavy atom. The molecule has 1 aliphatic rings. The van der Waals surface area contributed by atoms with Gasteiger partial charge in [0.25, 0.3) is 0 Å². The highest BCUT2D eigenvalue weighted by Gasteiger charge is 2.09. The van der Waals surface area contributed by atoms with Crippen LogP contribution in [0.5, 0.6) is 0 Å². The fourth-order valence-electron chi connectivity index (χ4n) is 2.37. The number of halogens is 1. The third-order valence-corrected chi connectivity index (χ3v) is 4.49. The predicted molar refractivity (Wildman–Crippen MR) is 104 cm³/mol. The summed E-state index contributed by atoms with van der Waals surface area (Å²) >= 11 is 0. The first-order valence-electron chi connectivity index (χ1n) is 7.93. The molecule has 0 aliphatic carbocycles. The Labute approximate surface area is 152 Å². The fourth-order valence-corrected chi connectivity index (χ4v) is 3.03. The van der Waals surface area contributed by atoms with Crippen LogP contribution >= 0.6 is 24.0 Å². The van der Waals surface area contributed by atoms with E-state index in [9.17, 15) is 8.42 Å². The molecule has 22 heavy (non-hydrogen) atoms. The Bertz CT molecular complexity index is 409. The van der Waals surface area contributed by atoms with Crippen LogP contribution in [0.15, 0.2) is 4.99 Å². The van der Waals surface area contributed by atoms with Crippen LogP contribution in [0.3, 0.4) is 0 Å². The number of rotatable bonds is 8. The first-order chi connectivity index (χ1) is 10.0. The number of guanidine groups is 1. The maximum atomic E-state index is 11.1. The summed E-state index contributed by atoms with van der Waals surface area (Å²) in [6.07, 6.45) is 5.80. The molecule has 132 valence electrons. The Hall–Kier alpha value is -0.0900. The monoisotopic (exact) mass is 446 g/mol. The highest BCUT2D eigenvalue weighted by Crippen LogP contribution is 2.07. The Morgan fingerprint density at radius 1 is 1.18 bits per heavy atom. The van der Waals surface area contributed by atoms with Gasteiger partial charge in [0.2, 0.25) is 0 Å². The van der Waals surface area contributed by atoms with Gasteiger partial charge in [-0.05, 0) is 39.3 Å². The summed E-state index contributed by atoms with van der Waals surface area (Å²) < 4.78 is 22.1. The maximum absolute atomic E-state index is 11.1. The van der Waals surface area contributed by atoms with Gasteiger partial charge in [-0.25, -0.2) is 8.42 Å². The quantitative estimate of drug-likeness (QED) is 0.253. The highest BCUT2D eigenvalue weighted by atomic mass is 127. The van der Waals surface area contributed by atoms with E-state index >= 15 is 0 Å². The van der Waals surface area contributed by atoms with Crippen molar-refractivity contribution in [3.8, 4) is 0 Å². The van der Waals surface area contributed by atoms with Crippen molar-refractivity contribution in [2.75, 3.05) is 51.3 Å². The molecule has 0 saturated carbocycles. The molecule has 1 aliphatic heterocycles. The van der Waals surface area contributed by atoms with Gasteiger partial charge in [-0.2, -0.15) is 0 Å². The molecule has 0 radical (unpaired) electrons. The summed E-state index contributed by atoms with van der Waals surface area (Å²) in [5.74, 6) is 0.979. The van der Waals surface area contributed by atoms with Crippen molar-refractivity contribution >= 4 is 39.8 Å². The molecule has 1 rings (SSSR count). The van der Waals surface area contributed by atoms with Gasteiger partial charge in [0.05, 0.1) is 5.75 Å². The molecule has 6 nitrogen and oxygen atoms in total. The second-order valence-corrected chi connectivity index (χ2v) is 7.83. The van der Waals surface area contributed by atoms with E-state index in [1.807, 2.05) is 6.92 Å². The summed E-state index contributed by atoms with van der Waals surface area (Å²) in [7, 11) is -2.88. The van der Waals surface area contributed by atoms with Crippen LogP contribution in [0, 0.1) is 0 Å². The van der Waals surface area contributed by atoms with Gasteiger partial charge in [0, 0.05) is 32.4 Å². The Balaban J connectivity index is 0.00000441. The topological polar surface area (TPSA) is 73.8 Å². The summed E-state index contributed by atoms with van der Waals surface area (Å²) in [6, 6.07) is 0. The van der Waals surface area contributed by atoms with Gasteiger partial charge >= 0.3 is 0 Å². The summed E-state index contributed by atoms with van der Waals surface area (Å²) in [6.45, 7) is 7.67. The number of hydrogen-bond acceptors (Lipinski definition) is 4. The lowest BCUT2D eigenvalue weighted by atomic mass is 10.1. The lowest BCUT2D eigenvalue weighted by molar-refractivity contribution is 0.232. The average molecular weight is 446 g/mol. The van der Waals surface area contributed by atoms with Gasteiger partial charge in [0.15, 0.2) is 5.96 Å². The van der Waals surface area contributed by atoms with E-state index in [2.05, 4.69) is 20.5 Å². The minimum atomic E-state index is -2.88. The molecule has 0 aromatic carbocycles. The Morgan fingerprint density at radius 2 is 1.86 bits per heavy atom. The van der Waals surface area contributed by atoms with Crippen molar-refractivity contribution < 1.29 is 8.42 Å². The largest absolute Gasteiger partial charge is 0.357 e. The molecule has 0 unspecified atom stereocenters. The van der Waals surface area contributed by atoms with Gasteiger partial charge < -0.3 is 15.5 Å². The first kappa shape index (κ1) is 21.9. The van der Waals surface area contributed by atoms with Crippen LogP contribution in [-0.2, 0) is 9.84 Å². The summed E-state index contributed by atoms with van der Waals surface area (Å²) in [4.78, 5) is 6.89. The zero-order valence-corrected chi connectivity index (χ0v) is 17.0. The maximum Gasteiger partial charge on any atom is 0.191 e. The SMILES string of the molecule is CCNC(=NCCCS(C)(=O)=O)NCCN1CCCCC1.I. The van der Waals surface area contributed by atoms with Gasteiger partial charge in [-0.3, -0.25) is 4.99 Å². The average Bonchev–Trinajstić information content (AvgIpc) is 2.43. The van der Waals surface area contributed by atoms with Crippen LogP contribution in [0.25, 0.3) is 0 Å². The van der Waals surface area contributed by atoms with E-state index < -0.39 is 9.84 Å². The van der Waals surface area contributed by atoms with E-state index in [1.54, 1.807) is 0 Å². The van der Waals surface area contributed by atoms with Crippen LogP contribution in [0.2, 0.25) is 0 Å². The number of likely N-dealkylation sites (tertiary alicyclic amines) is 1. The number of aliphatic imine (C=N–C) groups is 1. The number of sulfone groups is 1. The van der Waals surface area contributed by atoms with Crippen molar-refractivity contribution in [1.82, 2.24) is 15.5 Å². The standard InChI is InChI=1S/C14H30N4O2S.HI/c1-3-15-14(16-8-7-13-21(2,19)20)17-9-12-18-10-5-4-6-11-18;/h3-13H2,1-2H3,(H2,15,16,17);1H. The lowest BCUT2D eigenvalue weighted by Crippen LogP contribution is -2.42. The number of nitrogens with one attached hydrogen (secondary N) is 2. The molecule has 0 bridgehead atoms. The Kier molecular flexibility index (Phi) is 12.3. The van der Waals surface area contributed by atoms with E-state index in [4.69, 9.17) is 0 Å². The third-order valence-electron chi connectivity index (χ3n) is 3.46. The zero-order chi connectivity index (χ0) is 15.6. The molecule has 0 atom stereocenters. The molecular formula is C14H31IN4O2S. The van der Waals surface area contributed by atoms with Crippen LogP contribution < -0.4 is 10.6 Å². The van der Waals surface area contributed by atoms with Gasteiger partial charge in [-0.15, -0.1) is 24.0 Å². The van der Waals surface area contributed by atoms with Crippen molar-refractivity contribution in [3.63, 3.8) is 0 Å². The minimum absolute atomic E-state index is 0. The lowest BCUT2D eigenvalue weighted by Gasteiger charge is -2.26. The van der Waals surface area contributed by atoms with Crippen molar-refractivity contribution in [2.24, 2.45) is 4.99 Å². The summed E-state index contributed by atoms with van der Waals surface area (Å²) in [5, 5.41) is 6.50. The molecule has 1 fully saturated rings. The molecular weight excluding hydrogens is 415 g/mol. The minimum Gasteiger partial charge on any atom is -0.357 e. The van der Waals surface area contributed by atoms with Gasteiger partial charge in [-0.1, -0.05) is 6.42 Å². The normalized spacial score (nSPS) is 16.9. The molecule has 0 amide bonds. The van der Waals surface area contributed by atoms with Crippen molar-refractivity contribution in [1.29, 1.82) is 0 Å². The van der Waals surface area contributed by atoms with Gasteiger partial charge in [0.1, 0.15) is 9.84 Å². The highest BCUT2D eigenvalue weighted by molar-refractivity contribution is 14.0. The molecule has 8 heteroatoms. The molecule has 0 aromatic rings. The van der Waals surface area contributed by atoms with Crippen LogP contribution in [0.4, 0.5) is 0 Å². The first-order valence-corrected chi connectivity index (χ1v) is 9.99. The fraction of sp³-hybridized carbons (Fsp3) is 0.929. The summed E-state index contributed by atoms with van der Waals surface area (Å²) in [5.41, 5.74) is 0. The molecule has 0 aromatic heterocycles. The second kappa shape index (κ2) is 12.3. The van der Waals surface area contributed by atoms with Crippen molar-refractivity contribution in [3.05, 3.63) is 0 Å². The van der Waals surface area contributed by atoms with E-state index in [0.717, 1.165) is 25.6 Å². The molecule has 0 spiro atoms. The third kappa shape index (κ3) is 11.5. The number of nitrogens with zero attached hydrogens (tertiary/aromatic N) is 2. The van der Waals surface area contributed by atoms with Crippen molar-refractivity contribution in [2.45, 2.75) is 32.6 Å².